The van der Waals surface area contributed by atoms with Crippen LogP contribution in [-0.4, -0.2) is 17.7 Å². The Morgan fingerprint density at radius 3 is 2.11 bits per heavy atom. The number of amides is 3. The smallest absolute Gasteiger partial charge is 0.283 e. The Kier molecular flexibility index (Phi) is 6.96. The van der Waals surface area contributed by atoms with Crippen LogP contribution in [0.1, 0.15) is 22.3 Å². The Hall–Kier alpha value is -3.61. The summed E-state index contributed by atoms with van der Waals surface area (Å²) in [4.78, 5) is 39.1. The van der Waals surface area contributed by atoms with E-state index < -0.39 is 11.8 Å². The van der Waals surface area contributed by atoms with E-state index in [1.54, 1.807) is 42.5 Å². The van der Waals surface area contributed by atoms with Crippen LogP contribution in [0.2, 0.25) is 5.02 Å². The second-order valence-corrected chi connectivity index (χ2v) is 9.28. The van der Waals surface area contributed by atoms with Gasteiger partial charge in [0.25, 0.3) is 11.8 Å². The van der Waals surface area contributed by atoms with E-state index in [1.165, 1.54) is 0 Å². The van der Waals surface area contributed by atoms with Crippen molar-refractivity contribution in [2.24, 2.45) is 0 Å². The Bertz CT molecular complexity index is 1360. The lowest BCUT2D eigenvalue weighted by molar-refractivity contribution is -0.120. The van der Waals surface area contributed by atoms with Crippen molar-refractivity contribution in [2.45, 2.75) is 27.2 Å². The largest absolute Gasteiger partial charge is 0.350 e. The molecule has 0 radical (unpaired) electrons. The minimum atomic E-state index is -0.626. The van der Waals surface area contributed by atoms with Gasteiger partial charge in [0.05, 0.1) is 12.1 Å². The van der Waals surface area contributed by atoms with Crippen LogP contribution in [0.5, 0.6) is 0 Å². The number of carbonyl (C=O) groups is 3. The maximum Gasteiger partial charge on any atom is 0.283 e. The third kappa shape index (κ3) is 5.39. The van der Waals surface area contributed by atoms with E-state index in [1.807, 2.05) is 39.0 Å². The first-order valence-corrected chi connectivity index (χ1v) is 11.7. The van der Waals surface area contributed by atoms with Crippen molar-refractivity contribution >= 4 is 58.0 Å². The molecule has 0 saturated heterocycles. The number of nitrogens with one attached hydrogen (secondary N) is 2. The number of carbonyl (C=O) groups excluding carboxylic acids is 3. The number of halogens is 2. The summed E-state index contributed by atoms with van der Waals surface area (Å²) in [6, 6.07) is 17.8. The summed E-state index contributed by atoms with van der Waals surface area (Å²) in [5.41, 5.74) is 5.42. The van der Waals surface area contributed by atoms with Crippen molar-refractivity contribution in [3.05, 3.63) is 98.7 Å². The van der Waals surface area contributed by atoms with E-state index in [4.69, 9.17) is 23.2 Å². The van der Waals surface area contributed by atoms with E-state index in [-0.39, 0.29) is 23.1 Å². The van der Waals surface area contributed by atoms with Crippen LogP contribution in [0.15, 0.2) is 71.4 Å². The highest BCUT2D eigenvalue weighted by Crippen LogP contribution is 2.32. The predicted molar refractivity (Wildman–Crippen MR) is 140 cm³/mol. The topological polar surface area (TPSA) is 78.5 Å². The van der Waals surface area contributed by atoms with E-state index >= 15 is 0 Å². The van der Waals surface area contributed by atoms with Gasteiger partial charge in [-0.05, 0) is 79.4 Å². The zero-order valence-corrected chi connectivity index (χ0v) is 20.9. The molecule has 2 N–H and O–H groups in total. The van der Waals surface area contributed by atoms with Crippen molar-refractivity contribution < 1.29 is 14.4 Å². The average Bonchev–Trinajstić information content (AvgIpc) is 2.99. The van der Waals surface area contributed by atoms with Gasteiger partial charge in [-0.15, -0.1) is 0 Å². The third-order valence-corrected chi connectivity index (χ3v) is 6.29. The molecule has 3 aromatic rings. The molecule has 1 aliphatic rings. The zero-order chi connectivity index (χ0) is 25.3. The van der Waals surface area contributed by atoms with Crippen molar-refractivity contribution in [1.29, 1.82) is 0 Å². The molecular weight excluding hydrogens is 485 g/mol. The fourth-order valence-electron chi connectivity index (χ4n) is 3.85. The molecular formula is C27H23Cl2N3O3. The molecule has 0 aliphatic carbocycles. The normalized spacial score (nSPS) is 13.5. The van der Waals surface area contributed by atoms with Gasteiger partial charge in [-0.2, -0.15) is 0 Å². The van der Waals surface area contributed by atoms with Crippen molar-refractivity contribution in [3.8, 4) is 0 Å². The summed E-state index contributed by atoms with van der Waals surface area (Å²) in [5.74, 6) is -1.33. The second-order valence-electron chi connectivity index (χ2n) is 8.49. The van der Waals surface area contributed by atoms with Gasteiger partial charge in [-0.25, -0.2) is 4.90 Å². The summed E-state index contributed by atoms with van der Waals surface area (Å²) in [6.45, 7) is 5.79. The number of hydrogen-bond donors (Lipinski definition) is 2. The van der Waals surface area contributed by atoms with Gasteiger partial charge in [0.1, 0.15) is 10.7 Å². The van der Waals surface area contributed by atoms with E-state index in [2.05, 4.69) is 10.6 Å². The Labute approximate surface area is 213 Å². The molecule has 0 bridgehead atoms. The minimum absolute atomic E-state index is 0.0197. The fourth-order valence-corrected chi connectivity index (χ4v) is 4.24. The van der Waals surface area contributed by atoms with Gasteiger partial charge in [-0.1, -0.05) is 47.5 Å². The second kappa shape index (κ2) is 9.94. The third-order valence-electron chi connectivity index (χ3n) is 5.53. The molecule has 1 aliphatic heterocycles. The van der Waals surface area contributed by atoms with Crippen LogP contribution in [0.3, 0.4) is 0 Å². The molecule has 35 heavy (non-hydrogen) atoms. The lowest BCUT2D eigenvalue weighted by atomic mass is 10.1. The minimum Gasteiger partial charge on any atom is -0.350 e. The molecule has 0 saturated carbocycles. The molecule has 0 aromatic heterocycles. The van der Waals surface area contributed by atoms with Crippen LogP contribution in [0.4, 0.5) is 17.1 Å². The van der Waals surface area contributed by atoms with Crippen LogP contribution in [-0.2, 0) is 20.8 Å². The van der Waals surface area contributed by atoms with Crippen LogP contribution < -0.4 is 15.5 Å². The summed E-state index contributed by atoms with van der Waals surface area (Å²) in [5, 5.41) is 6.08. The fraction of sp³-hybridized carbons (Fsp3) is 0.148. The highest BCUT2D eigenvalue weighted by Gasteiger charge is 2.39. The summed E-state index contributed by atoms with van der Waals surface area (Å²) in [7, 11) is 0. The number of aryl methyl sites for hydroxylation is 3. The highest BCUT2D eigenvalue weighted by atomic mass is 35.5. The number of benzene rings is 3. The predicted octanol–water partition coefficient (Wildman–Crippen LogP) is 5.88. The van der Waals surface area contributed by atoms with Gasteiger partial charge in [0, 0.05) is 16.4 Å². The Balaban J connectivity index is 1.43. The Morgan fingerprint density at radius 1 is 0.829 bits per heavy atom. The van der Waals surface area contributed by atoms with Crippen LogP contribution in [0.25, 0.3) is 0 Å². The molecule has 0 spiro atoms. The molecule has 3 amide bonds. The van der Waals surface area contributed by atoms with Gasteiger partial charge in [0.2, 0.25) is 5.91 Å². The average molecular weight is 508 g/mol. The number of anilines is 3. The van der Waals surface area contributed by atoms with E-state index in [0.717, 1.165) is 32.8 Å². The first-order chi connectivity index (χ1) is 16.6. The zero-order valence-electron chi connectivity index (χ0n) is 19.4. The monoisotopic (exact) mass is 507 g/mol. The molecule has 3 aromatic carbocycles. The standard InChI is InChI=1S/C27H23Cl2N3O3/c1-15-10-16(2)12-20(11-15)30-23(33)13-18-5-7-19(8-6-18)31-25-24(29)26(34)32(27(25)35)21-9-4-17(3)22(28)14-21/h4-12,14,31H,13H2,1-3H3,(H,30,33). The van der Waals surface area contributed by atoms with Gasteiger partial charge >= 0.3 is 0 Å². The number of nitrogens with zero attached hydrogens (tertiary/aromatic N) is 1. The van der Waals surface area contributed by atoms with Gasteiger partial charge in [-0.3, -0.25) is 14.4 Å². The van der Waals surface area contributed by atoms with Gasteiger partial charge < -0.3 is 10.6 Å². The number of imide groups is 1. The summed E-state index contributed by atoms with van der Waals surface area (Å²) >= 11 is 12.4. The maximum atomic E-state index is 13.0. The van der Waals surface area contributed by atoms with Crippen LogP contribution >= 0.6 is 23.2 Å². The first-order valence-electron chi connectivity index (χ1n) is 10.9. The molecule has 6 nitrogen and oxygen atoms in total. The molecule has 178 valence electrons. The quantitative estimate of drug-likeness (QED) is 0.408. The molecule has 1 heterocycles. The van der Waals surface area contributed by atoms with Crippen molar-refractivity contribution in [3.63, 3.8) is 0 Å². The van der Waals surface area contributed by atoms with E-state index in [9.17, 15) is 14.4 Å². The number of hydrogen-bond acceptors (Lipinski definition) is 4. The summed E-state index contributed by atoms with van der Waals surface area (Å²) in [6.07, 6.45) is 0.191. The van der Waals surface area contributed by atoms with E-state index in [0.29, 0.717) is 16.4 Å². The lowest BCUT2D eigenvalue weighted by Gasteiger charge is -2.16. The van der Waals surface area contributed by atoms with Gasteiger partial charge in [0.15, 0.2) is 0 Å². The molecule has 0 fully saturated rings. The maximum absolute atomic E-state index is 13.0. The lowest BCUT2D eigenvalue weighted by Crippen LogP contribution is -2.32. The summed E-state index contributed by atoms with van der Waals surface area (Å²) < 4.78 is 0. The van der Waals surface area contributed by atoms with Crippen LogP contribution in [0, 0.1) is 20.8 Å². The number of rotatable bonds is 6. The van der Waals surface area contributed by atoms with Crippen molar-refractivity contribution in [1.82, 2.24) is 0 Å². The molecule has 0 unspecified atom stereocenters. The Morgan fingerprint density at radius 2 is 1.49 bits per heavy atom. The SMILES string of the molecule is Cc1cc(C)cc(NC(=O)Cc2ccc(NC3=C(Cl)C(=O)N(c4ccc(C)c(Cl)c4)C3=O)cc2)c1. The highest BCUT2D eigenvalue weighted by molar-refractivity contribution is 6.53. The molecule has 4 rings (SSSR count). The molecule has 8 heteroatoms. The molecule has 0 atom stereocenters. The van der Waals surface area contributed by atoms with Crippen molar-refractivity contribution in [2.75, 3.05) is 15.5 Å². The first kappa shape index (κ1) is 24.5.